The summed E-state index contributed by atoms with van der Waals surface area (Å²) in [7, 11) is -4.37. The van der Waals surface area contributed by atoms with E-state index >= 15 is 0 Å². The molecule has 6 nitrogen and oxygen atoms in total. The van der Waals surface area contributed by atoms with E-state index in [-0.39, 0.29) is 47.9 Å². The number of rotatable bonds is 2. The molecule has 0 N–H and O–H groups in total. The van der Waals surface area contributed by atoms with Gasteiger partial charge < -0.3 is 14.2 Å². The van der Waals surface area contributed by atoms with Gasteiger partial charge in [0, 0.05) is 13.1 Å². The summed E-state index contributed by atoms with van der Waals surface area (Å²) in [5.74, 6) is 0.0381. The van der Waals surface area contributed by atoms with Gasteiger partial charge in [0.1, 0.15) is 5.60 Å². The fraction of sp³-hybridized carbons (Fsp3) is 0.917. The average Bonchev–Trinajstić information content (AvgIpc) is 2.92. The van der Waals surface area contributed by atoms with E-state index in [9.17, 15) is 17.8 Å². The first kappa shape index (κ1) is 18.2. The third-order valence-corrected chi connectivity index (χ3v) is 4.80. The molecule has 1 saturated heterocycles. The van der Waals surface area contributed by atoms with Crippen LogP contribution in [0, 0.1) is 11.8 Å². The van der Waals surface area contributed by atoms with Gasteiger partial charge in [-0.2, -0.15) is 0 Å². The van der Waals surface area contributed by atoms with Gasteiger partial charge in [-0.3, -0.25) is 0 Å². The second kappa shape index (κ2) is 6.12. The van der Waals surface area contributed by atoms with E-state index in [1.165, 1.54) is 4.90 Å². The fourth-order valence-electron chi connectivity index (χ4n) is 2.56. The molecule has 110 valence electrons. The monoisotopic (exact) mass is 313 g/mol. The first-order valence-electron chi connectivity index (χ1n) is 6.50. The van der Waals surface area contributed by atoms with Crippen LogP contribution < -0.4 is 29.6 Å². The number of hydrogen-bond donors (Lipinski definition) is 0. The maximum absolute atomic E-state index is 11.9. The van der Waals surface area contributed by atoms with E-state index in [0.29, 0.717) is 6.54 Å². The minimum atomic E-state index is -4.37. The zero-order valence-electron chi connectivity index (χ0n) is 12.5. The smallest absolute Gasteiger partial charge is 0.748 e. The number of carbonyl (C=O) groups is 1. The molecule has 1 amide bonds. The average molecular weight is 313 g/mol. The Hall–Kier alpha value is 0.180. The predicted molar refractivity (Wildman–Crippen MR) is 67.5 cm³/mol. The number of amides is 1. The van der Waals surface area contributed by atoms with Crippen molar-refractivity contribution in [1.29, 1.82) is 0 Å². The van der Waals surface area contributed by atoms with Crippen molar-refractivity contribution in [3.63, 3.8) is 0 Å². The van der Waals surface area contributed by atoms with Crippen LogP contribution >= 0.6 is 0 Å². The number of nitrogens with zero attached hydrogens (tertiary/aromatic N) is 1. The van der Waals surface area contributed by atoms with E-state index in [1.54, 1.807) is 20.8 Å². The Morgan fingerprint density at radius 2 is 1.80 bits per heavy atom. The number of carbonyl (C=O) groups excluding carboxylic acids is 1. The minimum Gasteiger partial charge on any atom is -0.748 e. The van der Waals surface area contributed by atoms with Gasteiger partial charge in [-0.15, -0.1) is 0 Å². The first-order valence-corrected chi connectivity index (χ1v) is 7.98. The zero-order chi connectivity index (χ0) is 14.4. The Morgan fingerprint density at radius 3 is 2.20 bits per heavy atom. The van der Waals surface area contributed by atoms with Crippen LogP contribution in [0.4, 0.5) is 4.79 Å². The summed E-state index contributed by atoms with van der Waals surface area (Å²) in [6, 6.07) is 0. The summed E-state index contributed by atoms with van der Waals surface area (Å²) >= 11 is 0. The third kappa shape index (κ3) is 4.59. The Bertz CT molecular complexity index is 469. The molecule has 1 aliphatic heterocycles. The van der Waals surface area contributed by atoms with Crippen molar-refractivity contribution < 1.29 is 52.1 Å². The molecule has 0 bridgehead atoms. The normalized spacial score (nSPS) is 27.1. The van der Waals surface area contributed by atoms with Crippen LogP contribution in [0.3, 0.4) is 0 Å². The van der Waals surface area contributed by atoms with Crippen LogP contribution in [0.5, 0.6) is 0 Å². The van der Waals surface area contributed by atoms with Crippen LogP contribution in [-0.2, 0) is 14.9 Å². The molecule has 2 atom stereocenters. The summed E-state index contributed by atoms with van der Waals surface area (Å²) in [6.07, 6.45) is 1.35. The predicted octanol–water partition coefficient (Wildman–Crippen LogP) is -1.82. The second-order valence-electron chi connectivity index (χ2n) is 6.42. The standard InChI is InChI=1S/C12H21NO5S.Na/c1-12(2,3)18-11(14)13-6-9(8-4-5-8)10(7-13)19(15,16)17;/h8-10H,4-7H2,1-3H3,(H,15,16,17);/q;+1/p-1. The molecule has 2 fully saturated rings. The van der Waals surface area contributed by atoms with Crippen molar-refractivity contribution in [3.8, 4) is 0 Å². The number of likely N-dealkylation sites (tertiary alicyclic amines) is 1. The van der Waals surface area contributed by atoms with Crippen LogP contribution in [0.15, 0.2) is 0 Å². The van der Waals surface area contributed by atoms with Crippen molar-refractivity contribution in [1.82, 2.24) is 4.90 Å². The molecule has 1 saturated carbocycles. The summed E-state index contributed by atoms with van der Waals surface area (Å²) in [5.41, 5.74) is -0.624. The van der Waals surface area contributed by atoms with E-state index in [0.717, 1.165) is 12.8 Å². The molecule has 20 heavy (non-hydrogen) atoms. The molecular weight excluding hydrogens is 293 g/mol. The van der Waals surface area contributed by atoms with Gasteiger partial charge >= 0.3 is 35.7 Å². The quantitative estimate of drug-likeness (QED) is 0.443. The molecule has 0 aromatic carbocycles. The molecule has 0 radical (unpaired) electrons. The maximum atomic E-state index is 11.9. The summed E-state index contributed by atoms with van der Waals surface area (Å²) in [4.78, 5) is 13.3. The van der Waals surface area contributed by atoms with Crippen molar-refractivity contribution in [2.24, 2.45) is 11.8 Å². The van der Waals surface area contributed by atoms with E-state index in [1.807, 2.05) is 0 Å². The SMILES string of the molecule is CC(C)(C)OC(=O)N1CC(C2CC2)C(S(=O)(=O)[O-])C1.[Na+]. The first-order chi connectivity index (χ1) is 8.58. The Kier molecular flexibility index (Phi) is 5.58. The van der Waals surface area contributed by atoms with E-state index < -0.39 is 27.1 Å². The molecule has 0 spiro atoms. The summed E-state index contributed by atoms with van der Waals surface area (Å²) < 4.78 is 39.1. The van der Waals surface area contributed by atoms with Crippen molar-refractivity contribution >= 4 is 16.2 Å². The van der Waals surface area contributed by atoms with Crippen LogP contribution in [0.25, 0.3) is 0 Å². The Morgan fingerprint density at radius 1 is 1.25 bits per heavy atom. The van der Waals surface area contributed by atoms with Gasteiger partial charge in [0.05, 0.1) is 15.4 Å². The molecule has 1 heterocycles. The molecule has 0 aromatic rings. The maximum Gasteiger partial charge on any atom is 1.00 e. The molecule has 2 aliphatic rings. The largest absolute Gasteiger partial charge is 1.00 e. The molecule has 0 aromatic heterocycles. The molecule has 8 heteroatoms. The van der Waals surface area contributed by atoms with Gasteiger partial charge in [0.2, 0.25) is 0 Å². The molecule has 2 rings (SSSR count). The van der Waals surface area contributed by atoms with Crippen molar-refractivity contribution in [2.45, 2.75) is 44.5 Å². The minimum absolute atomic E-state index is 0. The number of ether oxygens (including phenoxy) is 1. The molecular formula is C12H20NNaO5S. The van der Waals surface area contributed by atoms with Crippen LogP contribution in [0.2, 0.25) is 0 Å². The Balaban J connectivity index is 0.00000200. The Labute approximate surface area is 142 Å². The van der Waals surface area contributed by atoms with Gasteiger partial charge in [-0.25, -0.2) is 13.2 Å². The van der Waals surface area contributed by atoms with Gasteiger partial charge in [-0.1, -0.05) is 0 Å². The van der Waals surface area contributed by atoms with E-state index in [4.69, 9.17) is 4.74 Å². The molecule has 2 unspecified atom stereocenters. The second-order valence-corrected chi connectivity index (χ2v) is 8.01. The summed E-state index contributed by atoms with van der Waals surface area (Å²) in [6.45, 7) is 5.52. The van der Waals surface area contributed by atoms with E-state index in [2.05, 4.69) is 0 Å². The number of hydrogen-bond acceptors (Lipinski definition) is 5. The fourth-order valence-corrected chi connectivity index (χ4v) is 3.66. The van der Waals surface area contributed by atoms with Crippen LogP contribution in [-0.4, -0.2) is 47.9 Å². The van der Waals surface area contributed by atoms with Gasteiger partial charge in [0.15, 0.2) is 0 Å². The molecule has 1 aliphatic carbocycles. The summed E-state index contributed by atoms with van der Waals surface area (Å²) in [5, 5.41) is -0.979. The topological polar surface area (TPSA) is 86.7 Å². The zero-order valence-corrected chi connectivity index (χ0v) is 15.3. The van der Waals surface area contributed by atoms with Crippen LogP contribution in [0.1, 0.15) is 33.6 Å². The van der Waals surface area contributed by atoms with Gasteiger partial charge in [0.25, 0.3) is 0 Å². The third-order valence-electron chi connectivity index (χ3n) is 3.56. The van der Waals surface area contributed by atoms with Crippen molar-refractivity contribution in [3.05, 3.63) is 0 Å². The van der Waals surface area contributed by atoms with Crippen molar-refractivity contribution in [2.75, 3.05) is 13.1 Å². The van der Waals surface area contributed by atoms with Gasteiger partial charge in [-0.05, 0) is 45.4 Å².